The van der Waals surface area contributed by atoms with Gasteiger partial charge in [0.05, 0.1) is 12.8 Å². The third kappa shape index (κ3) is 4.56. The topological polar surface area (TPSA) is 48.7 Å². The monoisotopic (exact) mass is 281 g/mol. The van der Waals surface area contributed by atoms with Crippen LogP contribution in [0.3, 0.4) is 0 Å². The highest BCUT2D eigenvalue weighted by Gasteiger charge is 2.14. The van der Waals surface area contributed by atoms with E-state index in [1.54, 1.807) is 18.2 Å². The number of hydrogen-bond donors (Lipinski definition) is 1. The summed E-state index contributed by atoms with van der Waals surface area (Å²) in [4.78, 5) is 16.0. The van der Waals surface area contributed by atoms with Gasteiger partial charge in [-0.25, -0.2) is 4.79 Å². The van der Waals surface area contributed by atoms with Crippen molar-refractivity contribution in [3.63, 3.8) is 0 Å². The van der Waals surface area contributed by atoms with E-state index in [1.807, 2.05) is 13.0 Å². The molecule has 0 saturated heterocycles. The number of nitrogens with zero attached hydrogens (tertiary/aromatic N) is 2. The summed E-state index contributed by atoms with van der Waals surface area (Å²) >= 11 is 0. The van der Waals surface area contributed by atoms with Crippen molar-refractivity contribution >= 4 is 6.03 Å². The average Bonchev–Trinajstić information content (AvgIpc) is 2.82. The second kappa shape index (κ2) is 7.94. The Kier molecular flexibility index (Phi) is 6.58. The Morgan fingerprint density at radius 3 is 2.55 bits per heavy atom. The summed E-state index contributed by atoms with van der Waals surface area (Å²) in [6.45, 7) is 11.5. The summed E-state index contributed by atoms with van der Waals surface area (Å²) in [6.07, 6.45) is 1.65. The summed E-state index contributed by atoms with van der Waals surface area (Å²) in [5, 5.41) is 2.98. The molecule has 0 fully saturated rings. The second-order valence-corrected chi connectivity index (χ2v) is 5.11. The molecule has 1 unspecified atom stereocenters. The number of furan rings is 1. The molecule has 1 heterocycles. The van der Waals surface area contributed by atoms with E-state index >= 15 is 0 Å². The van der Waals surface area contributed by atoms with Crippen molar-refractivity contribution in [3.05, 3.63) is 23.7 Å². The molecule has 114 valence electrons. The molecule has 5 heteroatoms. The van der Waals surface area contributed by atoms with Crippen molar-refractivity contribution in [1.29, 1.82) is 0 Å². The standard InChI is InChI=1S/C15H27N3O2/c1-6-18(7-2)12(3)10-16-15(19)17(5)11-14-8-9-20-13(14)4/h8-9,12H,6-7,10-11H2,1-5H3,(H,16,19). The molecule has 5 nitrogen and oxygen atoms in total. The van der Waals surface area contributed by atoms with Gasteiger partial charge in [-0.1, -0.05) is 13.8 Å². The van der Waals surface area contributed by atoms with Crippen LogP contribution in [-0.4, -0.2) is 48.6 Å². The van der Waals surface area contributed by atoms with Gasteiger partial charge in [0.25, 0.3) is 0 Å². The lowest BCUT2D eigenvalue weighted by Gasteiger charge is -2.27. The van der Waals surface area contributed by atoms with Crippen molar-refractivity contribution in [2.75, 3.05) is 26.7 Å². The molecule has 0 saturated carbocycles. The van der Waals surface area contributed by atoms with Crippen LogP contribution < -0.4 is 5.32 Å². The van der Waals surface area contributed by atoms with Gasteiger partial charge in [-0.15, -0.1) is 0 Å². The summed E-state index contributed by atoms with van der Waals surface area (Å²) < 4.78 is 5.24. The maximum atomic E-state index is 12.0. The van der Waals surface area contributed by atoms with Gasteiger partial charge in [0.2, 0.25) is 0 Å². The maximum absolute atomic E-state index is 12.0. The van der Waals surface area contributed by atoms with Gasteiger partial charge in [-0.2, -0.15) is 0 Å². The van der Waals surface area contributed by atoms with Crippen molar-refractivity contribution in [3.8, 4) is 0 Å². The lowest BCUT2D eigenvalue weighted by atomic mass is 10.2. The predicted molar refractivity (Wildman–Crippen MR) is 80.7 cm³/mol. The first-order chi connectivity index (χ1) is 9.49. The largest absolute Gasteiger partial charge is 0.469 e. The molecule has 1 N–H and O–H groups in total. The molecule has 1 aromatic heterocycles. The van der Waals surface area contributed by atoms with Crippen LogP contribution in [0.5, 0.6) is 0 Å². The normalized spacial score (nSPS) is 12.5. The van der Waals surface area contributed by atoms with Crippen LogP contribution in [0.4, 0.5) is 4.79 Å². The smallest absolute Gasteiger partial charge is 0.317 e. The lowest BCUT2D eigenvalue weighted by Crippen LogP contribution is -2.45. The van der Waals surface area contributed by atoms with Crippen LogP contribution >= 0.6 is 0 Å². The number of urea groups is 1. The van der Waals surface area contributed by atoms with E-state index in [1.165, 1.54) is 0 Å². The molecule has 0 aliphatic rings. The number of carbonyl (C=O) groups is 1. The van der Waals surface area contributed by atoms with Gasteiger partial charge in [0.15, 0.2) is 0 Å². The minimum atomic E-state index is -0.0513. The van der Waals surface area contributed by atoms with Crippen molar-refractivity contribution in [2.24, 2.45) is 0 Å². The first-order valence-corrected chi connectivity index (χ1v) is 7.25. The molecule has 0 aliphatic heterocycles. The predicted octanol–water partition coefficient (Wildman–Crippen LogP) is 2.46. The zero-order chi connectivity index (χ0) is 15.1. The number of rotatable bonds is 7. The quantitative estimate of drug-likeness (QED) is 0.835. The Morgan fingerprint density at radius 2 is 2.05 bits per heavy atom. The first-order valence-electron chi connectivity index (χ1n) is 7.25. The van der Waals surface area contributed by atoms with Crippen molar-refractivity contribution in [2.45, 2.75) is 40.3 Å². The molecule has 0 aliphatic carbocycles. The van der Waals surface area contributed by atoms with Gasteiger partial charge in [-0.05, 0) is 33.0 Å². The Bertz CT molecular complexity index is 413. The summed E-state index contributed by atoms with van der Waals surface area (Å²) in [7, 11) is 1.80. The van der Waals surface area contributed by atoms with Crippen molar-refractivity contribution in [1.82, 2.24) is 15.1 Å². The molecule has 20 heavy (non-hydrogen) atoms. The van der Waals surface area contributed by atoms with Gasteiger partial charge in [0.1, 0.15) is 5.76 Å². The molecule has 0 spiro atoms. The highest BCUT2D eigenvalue weighted by molar-refractivity contribution is 5.73. The fraction of sp³-hybridized carbons (Fsp3) is 0.667. The SMILES string of the molecule is CCN(CC)C(C)CNC(=O)N(C)Cc1ccoc1C. The van der Waals surface area contributed by atoms with E-state index in [-0.39, 0.29) is 6.03 Å². The highest BCUT2D eigenvalue weighted by Crippen LogP contribution is 2.10. The van der Waals surface area contributed by atoms with Gasteiger partial charge < -0.3 is 14.6 Å². The number of carbonyl (C=O) groups excluding carboxylic acids is 1. The highest BCUT2D eigenvalue weighted by atomic mass is 16.3. The van der Waals surface area contributed by atoms with Crippen molar-refractivity contribution < 1.29 is 9.21 Å². The second-order valence-electron chi connectivity index (χ2n) is 5.11. The number of nitrogens with one attached hydrogen (secondary N) is 1. The first kappa shape index (κ1) is 16.6. The van der Waals surface area contributed by atoms with Gasteiger partial charge in [0, 0.05) is 25.2 Å². The molecule has 0 aromatic carbocycles. The van der Waals surface area contributed by atoms with Crippen LogP contribution in [0.15, 0.2) is 16.7 Å². The van der Waals surface area contributed by atoms with E-state index in [0.29, 0.717) is 19.1 Å². The fourth-order valence-corrected chi connectivity index (χ4v) is 2.25. The number of hydrogen-bond acceptors (Lipinski definition) is 3. The van der Waals surface area contributed by atoms with Gasteiger partial charge >= 0.3 is 6.03 Å². The lowest BCUT2D eigenvalue weighted by molar-refractivity contribution is 0.193. The van der Waals surface area contributed by atoms with E-state index < -0.39 is 0 Å². The molecule has 1 aromatic rings. The van der Waals surface area contributed by atoms with Gasteiger partial charge in [-0.3, -0.25) is 4.90 Å². The van der Waals surface area contributed by atoms with E-state index in [4.69, 9.17) is 4.42 Å². The third-order valence-corrected chi connectivity index (χ3v) is 3.70. The van der Waals surface area contributed by atoms with Crippen LogP contribution in [0, 0.1) is 6.92 Å². The molecular weight excluding hydrogens is 254 g/mol. The zero-order valence-corrected chi connectivity index (χ0v) is 13.3. The number of aryl methyl sites for hydroxylation is 1. The zero-order valence-electron chi connectivity index (χ0n) is 13.3. The molecule has 1 rings (SSSR count). The molecule has 1 atom stereocenters. The van der Waals surface area contributed by atoms with Crippen LogP contribution in [0.2, 0.25) is 0 Å². The van der Waals surface area contributed by atoms with E-state index in [2.05, 4.69) is 31.0 Å². The number of amides is 2. The molecular formula is C15H27N3O2. The Morgan fingerprint density at radius 1 is 1.40 bits per heavy atom. The summed E-state index contributed by atoms with van der Waals surface area (Å²) in [5.41, 5.74) is 1.04. The molecule has 0 bridgehead atoms. The average molecular weight is 281 g/mol. The fourth-order valence-electron chi connectivity index (χ4n) is 2.25. The third-order valence-electron chi connectivity index (χ3n) is 3.70. The Balaban J connectivity index is 2.40. The Hall–Kier alpha value is -1.49. The van der Waals surface area contributed by atoms with E-state index in [9.17, 15) is 4.79 Å². The van der Waals surface area contributed by atoms with Crippen LogP contribution in [0.1, 0.15) is 32.1 Å². The summed E-state index contributed by atoms with van der Waals surface area (Å²) in [6, 6.07) is 2.19. The minimum absolute atomic E-state index is 0.0513. The number of likely N-dealkylation sites (N-methyl/N-ethyl adjacent to an activating group) is 1. The molecule has 2 amide bonds. The van der Waals surface area contributed by atoms with E-state index in [0.717, 1.165) is 24.4 Å². The van der Waals surface area contributed by atoms with Crippen LogP contribution in [0.25, 0.3) is 0 Å². The minimum Gasteiger partial charge on any atom is -0.469 e. The summed E-state index contributed by atoms with van der Waals surface area (Å²) in [5.74, 6) is 0.862. The molecule has 0 radical (unpaired) electrons. The Labute approximate surface area is 121 Å². The maximum Gasteiger partial charge on any atom is 0.317 e. The van der Waals surface area contributed by atoms with Crippen LogP contribution in [-0.2, 0) is 6.54 Å².